The predicted octanol–water partition coefficient (Wildman–Crippen LogP) is 7.53. The Bertz CT molecular complexity index is 1210. The molecule has 1 aromatic heterocycles. The molecule has 0 N–H and O–H groups in total. The van der Waals surface area contributed by atoms with Gasteiger partial charge in [-0.3, -0.25) is 0 Å². The molecule has 4 aromatic carbocycles. The summed E-state index contributed by atoms with van der Waals surface area (Å²) >= 11 is 8.29. The molecule has 0 atom stereocenters. The van der Waals surface area contributed by atoms with Crippen LogP contribution in [0.3, 0.4) is 0 Å². The maximum atomic E-state index is 6.52. The largest absolute Gasteiger partial charge is 0.134 e. The van der Waals surface area contributed by atoms with E-state index in [9.17, 15) is 0 Å². The average molecular weight is 345 g/mol. The monoisotopic (exact) mass is 344 g/mol. The van der Waals surface area contributed by atoms with Crippen LogP contribution in [0.2, 0.25) is 5.02 Å². The second-order valence-corrected chi connectivity index (χ2v) is 7.38. The van der Waals surface area contributed by atoms with E-state index in [0.29, 0.717) is 0 Å². The van der Waals surface area contributed by atoms with Crippen LogP contribution in [0.15, 0.2) is 78.9 Å². The highest BCUT2D eigenvalue weighted by Crippen LogP contribution is 2.44. The van der Waals surface area contributed by atoms with E-state index in [1.807, 2.05) is 6.07 Å². The summed E-state index contributed by atoms with van der Waals surface area (Å²) < 4.78 is 2.45. The highest BCUT2D eigenvalue weighted by Gasteiger charge is 2.14. The Balaban J connectivity index is 1.98. The van der Waals surface area contributed by atoms with Crippen molar-refractivity contribution in [3.05, 3.63) is 83.9 Å². The van der Waals surface area contributed by atoms with Crippen molar-refractivity contribution in [3.63, 3.8) is 0 Å². The summed E-state index contributed by atoms with van der Waals surface area (Å²) in [6.45, 7) is 0. The molecule has 0 bridgehead atoms. The number of halogens is 1. The molecule has 0 aliphatic rings. The Labute approximate surface area is 148 Å². The minimum atomic E-state index is 0.829. The van der Waals surface area contributed by atoms with Gasteiger partial charge in [0.15, 0.2) is 0 Å². The molecule has 0 aliphatic heterocycles. The van der Waals surface area contributed by atoms with Crippen LogP contribution in [0, 0.1) is 0 Å². The van der Waals surface area contributed by atoms with Gasteiger partial charge in [-0.15, -0.1) is 11.3 Å². The summed E-state index contributed by atoms with van der Waals surface area (Å²) in [6.07, 6.45) is 0. The fourth-order valence-corrected chi connectivity index (χ4v) is 4.89. The third-order valence-electron chi connectivity index (χ3n) is 4.56. The summed E-state index contributed by atoms with van der Waals surface area (Å²) in [5.74, 6) is 0. The molecule has 0 fully saturated rings. The minimum absolute atomic E-state index is 0.829. The molecule has 0 saturated heterocycles. The maximum absolute atomic E-state index is 6.52. The van der Waals surface area contributed by atoms with Crippen LogP contribution in [-0.2, 0) is 0 Å². The van der Waals surface area contributed by atoms with Gasteiger partial charge in [0.05, 0.1) is 9.72 Å². The summed E-state index contributed by atoms with van der Waals surface area (Å²) in [5, 5.41) is 5.91. The van der Waals surface area contributed by atoms with Gasteiger partial charge in [0.2, 0.25) is 0 Å². The fourth-order valence-electron chi connectivity index (χ4n) is 3.48. The number of benzene rings is 4. The van der Waals surface area contributed by atoms with Gasteiger partial charge in [0.25, 0.3) is 0 Å². The molecule has 1 heterocycles. The van der Waals surface area contributed by atoms with Crippen LogP contribution < -0.4 is 0 Å². The molecule has 0 aliphatic carbocycles. The van der Waals surface area contributed by atoms with Crippen LogP contribution in [0.5, 0.6) is 0 Å². The van der Waals surface area contributed by atoms with Gasteiger partial charge in [0, 0.05) is 15.5 Å². The van der Waals surface area contributed by atoms with Crippen molar-refractivity contribution >= 4 is 53.9 Å². The van der Waals surface area contributed by atoms with E-state index in [2.05, 4.69) is 72.8 Å². The fraction of sp³-hybridized carbons (Fsp3) is 0. The van der Waals surface area contributed by atoms with E-state index in [0.717, 1.165) is 5.02 Å². The van der Waals surface area contributed by atoms with E-state index in [-0.39, 0.29) is 0 Å². The highest BCUT2D eigenvalue weighted by atomic mass is 35.5. The van der Waals surface area contributed by atoms with Crippen molar-refractivity contribution in [2.75, 3.05) is 0 Å². The van der Waals surface area contributed by atoms with E-state index < -0.39 is 0 Å². The Kier molecular flexibility index (Phi) is 3.12. The molecule has 0 radical (unpaired) electrons. The van der Waals surface area contributed by atoms with Crippen molar-refractivity contribution in [2.24, 2.45) is 0 Å². The van der Waals surface area contributed by atoms with Gasteiger partial charge in [0.1, 0.15) is 0 Å². The standard InChI is InChI=1S/C22H13ClS/c23-19-13-12-17(16-10-5-7-14-6-1-2-8-15(14)16)21-18-9-3-4-11-20(18)24-22(19)21/h1-13H. The van der Waals surface area contributed by atoms with Crippen LogP contribution in [-0.4, -0.2) is 0 Å². The molecule has 5 rings (SSSR count). The van der Waals surface area contributed by atoms with E-state index in [1.165, 1.54) is 42.1 Å². The van der Waals surface area contributed by atoms with Crippen molar-refractivity contribution in [3.8, 4) is 11.1 Å². The summed E-state index contributed by atoms with van der Waals surface area (Å²) in [5.41, 5.74) is 2.52. The molecule has 0 amide bonds. The quantitative estimate of drug-likeness (QED) is 0.295. The zero-order valence-corrected chi connectivity index (χ0v) is 14.4. The Morgan fingerprint density at radius 1 is 0.625 bits per heavy atom. The highest BCUT2D eigenvalue weighted by molar-refractivity contribution is 7.26. The third-order valence-corrected chi connectivity index (χ3v) is 6.19. The summed E-state index contributed by atoms with van der Waals surface area (Å²) in [6, 6.07) is 27.8. The molecule has 0 spiro atoms. The number of hydrogen-bond acceptors (Lipinski definition) is 1. The van der Waals surface area contributed by atoms with Crippen molar-refractivity contribution in [1.29, 1.82) is 0 Å². The van der Waals surface area contributed by atoms with Crippen molar-refractivity contribution in [1.82, 2.24) is 0 Å². The molecular formula is C22H13ClS. The predicted molar refractivity (Wildman–Crippen MR) is 107 cm³/mol. The smallest absolute Gasteiger partial charge is 0.0585 e. The van der Waals surface area contributed by atoms with Gasteiger partial charge in [-0.2, -0.15) is 0 Å². The lowest BCUT2D eigenvalue weighted by atomic mass is 9.95. The van der Waals surface area contributed by atoms with E-state index in [4.69, 9.17) is 11.6 Å². The van der Waals surface area contributed by atoms with Crippen LogP contribution >= 0.6 is 22.9 Å². The van der Waals surface area contributed by atoms with Crippen LogP contribution in [0.1, 0.15) is 0 Å². The number of fused-ring (bicyclic) bond motifs is 4. The van der Waals surface area contributed by atoms with E-state index >= 15 is 0 Å². The molecule has 0 saturated carbocycles. The molecule has 2 heteroatoms. The second kappa shape index (κ2) is 5.34. The second-order valence-electron chi connectivity index (χ2n) is 5.92. The zero-order valence-electron chi connectivity index (χ0n) is 12.8. The van der Waals surface area contributed by atoms with Gasteiger partial charge in [-0.1, -0.05) is 78.3 Å². The first-order valence-corrected chi connectivity index (χ1v) is 9.10. The zero-order chi connectivity index (χ0) is 16.1. The van der Waals surface area contributed by atoms with E-state index in [1.54, 1.807) is 11.3 Å². The lowest BCUT2D eigenvalue weighted by Crippen LogP contribution is -1.83. The van der Waals surface area contributed by atoms with Gasteiger partial charge in [-0.05, 0) is 34.0 Å². The Morgan fingerprint density at radius 2 is 1.38 bits per heavy atom. The molecule has 114 valence electrons. The molecule has 24 heavy (non-hydrogen) atoms. The van der Waals surface area contributed by atoms with Gasteiger partial charge >= 0.3 is 0 Å². The number of hydrogen-bond donors (Lipinski definition) is 0. The molecule has 0 nitrogen and oxygen atoms in total. The van der Waals surface area contributed by atoms with Crippen LogP contribution in [0.25, 0.3) is 42.1 Å². The van der Waals surface area contributed by atoms with Crippen molar-refractivity contribution < 1.29 is 0 Å². The SMILES string of the molecule is Clc1ccc(-c2cccc3ccccc23)c2c1sc1ccccc12. The first kappa shape index (κ1) is 14.0. The average Bonchev–Trinajstić information content (AvgIpc) is 3.03. The molecule has 5 aromatic rings. The first-order chi connectivity index (χ1) is 11.8. The summed E-state index contributed by atoms with van der Waals surface area (Å²) in [7, 11) is 0. The van der Waals surface area contributed by atoms with Crippen molar-refractivity contribution in [2.45, 2.75) is 0 Å². The summed E-state index contributed by atoms with van der Waals surface area (Å²) in [4.78, 5) is 0. The van der Waals surface area contributed by atoms with Gasteiger partial charge in [-0.25, -0.2) is 0 Å². The molecular weight excluding hydrogens is 332 g/mol. The minimum Gasteiger partial charge on any atom is -0.134 e. The third kappa shape index (κ3) is 1.99. The lowest BCUT2D eigenvalue weighted by molar-refractivity contribution is 1.71. The topological polar surface area (TPSA) is 0 Å². The maximum Gasteiger partial charge on any atom is 0.0585 e. The first-order valence-electron chi connectivity index (χ1n) is 7.91. The Hall–Kier alpha value is -2.35. The van der Waals surface area contributed by atoms with Gasteiger partial charge < -0.3 is 0 Å². The Morgan fingerprint density at radius 3 is 2.29 bits per heavy atom. The lowest BCUT2D eigenvalue weighted by Gasteiger charge is -2.09. The van der Waals surface area contributed by atoms with Crippen LogP contribution in [0.4, 0.5) is 0 Å². The number of rotatable bonds is 1. The normalized spacial score (nSPS) is 11.5. The number of thiophene rings is 1. The molecule has 0 unspecified atom stereocenters.